The molecule has 19 rings (SSSR count). The number of rotatable bonds is 19. The number of alkyl halides is 3. The van der Waals surface area contributed by atoms with Crippen LogP contribution in [0.4, 0.5) is 39.5 Å². The summed E-state index contributed by atoms with van der Waals surface area (Å²) in [5.74, 6) is -5.26. The number of carbonyl (C=O) groups is 3. The minimum Gasteiger partial charge on any atom is -0.505 e. The molecule has 0 saturated heterocycles. The van der Waals surface area contributed by atoms with Crippen LogP contribution in [0.2, 0.25) is 0 Å². The van der Waals surface area contributed by atoms with Gasteiger partial charge in [0.15, 0.2) is 23.0 Å². The molecule has 0 fully saturated rings. The van der Waals surface area contributed by atoms with Gasteiger partial charge in [-0.3, -0.25) is 29.3 Å². The van der Waals surface area contributed by atoms with E-state index >= 15 is 4.39 Å². The minimum absolute atomic E-state index is 0. The number of phenolic OH excluding ortho intramolecular Hbond substituents is 1. The molecule has 0 unspecified atom stereocenters. The van der Waals surface area contributed by atoms with Crippen LogP contribution in [-0.2, 0) is 49.4 Å². The van der Waals surface area contributed by atoms with Crippen LogP contribution in [0.1, 0.15) is 106 Å². The van der Waals surface area contributed by atoms with E-state index in [1.807, 2.05) is 127 Å². The number of aromatic nitrogens is 6. The molecule has 0 atom stereocenters. The average Bonchev–Trinajstić information content (AvgIpc) is 1.55. The second-order valence-electron chi connectivity index (χ2n) is 29.3. The van der Waals surface area contributed by atoms with Crippen molar-refractivity contribution in [3.8, 4) is 45.3 Å². The first kappa shape index (κ1) is 87.7. The van der Waals surface area contributed by atoms with Crippen molar-refractivity contribution in [1.82, 2.24) is 44.6 Å². The lowest BCUT2D eigenvalue weighted by Crippen LogP contribution is -2.33. The third kappa shape index (κ3) is 18.2. The van der Waals surface area contributed by atoms with Crippen LogP contribution < -0.4 is 19.1 Å². The van der Waals surface area contributed by atoms with Crippen LogP contribution in [0.25, 0.3) is 55.0 Å². The molecule has 0 bridgehead atoms. The third-order valence-corrected chi connectivity index (χ3v) is 22.2. The molecule has 0 spiro atoms. The average molecular weight is 1750 g/mol. The number of phenols is 1. The van der Waals surface area contributed by atoms with Gasteiger partial charge in [0.05, 0.1) is 23.2 Å². The van der Waals surface area contributed by atoms with Crippen LogP contribution >= 0.6 is 0 Å². The number of hydrogen-bond acceptors (Lipinski definition) is 17. The fraction of sp³-hybridized carbons (Fsp3) is 0.103. The van der Waals surface area contributed by atoms with Gasteiger partial charge >= 0.3 is 22.7 Å². The van der Waals surface area contributed by atoms with Crippen molar-refractivity contribution >= 4 is 73.1 Å². The van der Waals surface area contributed by atoms with E-state index in [0.717, 1.165) is 22.3 Å². The summed E-state index contributed by atoms with van der Waals surface area (Å²) in [5.41, 5.74) is 2.85. The lowest BCUT2D eigenvalue weighted by molar-refractivity contribution is -0.0500. The van der Waals surface area contributed by atoms with Gasteiger partial charge in [0.2, 0.25) is 17.8 Å². The zero-order chi connectivity index (χ0) is 88.8. The van der Waals surface area contributed by atoms with Crippen LogP contribution in [0.5, 0.6) is 23.0 Å². The maximum Gasteiger partial charge on any atom is 0.534 e. The standard InChI is InChI=1S/C36H25F2N3O2.C32H22F4N2O5S.C23H15F2N3O2.C5H5BFNO2.CH4/c37-26-17-15-23(16-18-26)21-41-22-29-30(28-14-8-20-40-35(28)38)27-13-7-19-39-32(27)34(31(29)36(41)42)43-33(24-9-3-1-4-10-24)25-11-5-2-6-12-25;33-23-15-13-20(14-16-23)18-38-19-25-26(31(38)39)30(42-28(21-8-3-1-4-9-21)22-10-5-2-6-11-22)27-24(12-7-17-37-27)29(25)43-44(40,41)32(34,35)36;24-14-7-5-13(6-8-14)11-28-12-17-18(16-4-2-10-27-22(16)25)15-3-1-9-26-20(15)21(29)19(17)23(28)30;7-5-4(6(9)10)2-1-3-8-5;/h1-20,33H,21-22H2;1-17,28H,18-19H2;1-10,29H,11-12H2;1-3,9-10H;1H4. The summed E-state index contributed by atoms with van der Waals surface area (Å²) in [5, 5.41) is 28.9. The number of benzene rings is 10. The highest BCUT2D eigenvalue weighted by Gasteiger charge is 2.50. The summed E-state index contributed by atoms with van der Waals surface area (Å²) in [7, 11) is -7.91. The Morgan fingerprint density at radius 1 is 0.367 bits per heavy atom. The van der Waals surface area contributed by atoms with Gasteiger partial charge in [-0.25, -0.2) is 28.1 Å². The van der Waals surface area contributed by atoms with Gasteiger partial charge < -0.3 is 43.5 Å². The first-order valence-electron chi connectivity index (χ1n) is 39.2. The van der Waals surface area contributed by atoms with Gasteiger partial charge in [0, 0.05) is 119 Å². The van der Waals surface area contributed by atoms with Crippen LogP contribution in [0, 0.1) is 35.3 Å². The number of pyridine rings is 6. The molecule has 6 aromatic heterocycles. The van der Waals surface area contributed by atoms with E-state index in [0.29, 0.717) is 66.5 Å². The fourth-order valence-electron chi connectivity index (χ4n) is 15.4. The van der Waals surface area contributed by atoms with Crippen molar-refractivity contribution < 1.29 is 91.1 Å². The molecule has 0 saturated carbocycles. The van der Waals surface area contributed by atoms with Crippen molar-refractivity contribution in [1.29, 1.82) is 0 Å². The number of halogens is 9. The van der Waals surface area contributed by atoms with Gasteiger partial charge in [0.1, 0.15) is 46.2 Å². The van der Waals surface area contributed by atoms with E-state index in [4.69, 9.17) is 23.7 Å². The van der Waals surface area contributed by atoms with Gasteiger partial charge in [0.25, 0.3) is 17.7 Å². The summed E-state index contributed by atoms with van der Waals surface area (Å²) >= 11 is 0. The molecule has 3 aliphatic heterocycles. The summed E-state index contributed by atoms with van der Waals surface area (Å²) in [6, 6.07) is 74.1. The Balaban J connectivity index is 0.000000141. The molecular weight excluding hydrogens is 1680 g/mol. The van der Waals surface area contributed by atoms with E-state index in [2.05, 4.69) is 29.9 Å². The molecular formula is C97H71BF9N9O11S. The second-order valence-corrected chi connectivity index (χ2v) is 30.8. The van der Waals surface area contributed by atoms with Gasteiger partial charge in [-0.15, -0.1) is 0 Å². The highest BCUT2D eigenvalue weighted by molar-refractivity contribution is 7.88. The van der Waals surface area contributed by atoms with Crippen molar-refractivity contribution in [3.05, 3.63) is 412 Å². The summed E-state index contributed by atoms with van der Waals surface area (Å²) in [6.45, 7) is 0.490. The Kier molecular flexibility index (Phi) is 25.8. The quantitative estimate of drug-likeness (QED) is 0.0223. The number of carbonyl (C=O) groups excluding carboxylic acids is 3. The van der Waals surface area contributed by atoms with Crippen molar-refractivity contribution in [2.75, 3.05) is 0 Å². The van der Waals surface area contributed by atoms with Crippen LogP contribution in [-0.4, -0.2) is 98.5 Å². The number of fused-ring (bicyclic) bond motifs is 6. The molecule has 16 aromatic rings. The molecule has 0 radical (unpaired) electrons. The number of amides is 3. The Morgan fingerprint density at radius 2 is 0.688 bits per heavy atom. The summed E-state index contributed by atoms with van der Waals surface area (Å²) < 4.78 is 166. The highest BCUT2D eigenvalue weighted by Crippen LogP contribution is 2.51. The molecule has 3 aliphatic rings. The predicted molar refractivity (Wildman–Crippen MR) is 460 cm³/mol. The zero-order valence-corrected chi connectivity index (χ0v) is 67.1. The largest absolute Gasteiger partial charge is 0.534 e. The monoisotopic (exact) mass is 1750 g/mol. The van der Waals surface area contributed by atoms with Crippen molar-refractivity contribution in [3.63, 3.8) is 0 Å². The Labute approximate surface area is 726 Å². The zero-order valence-electron chi connectivity index (χ0n) is 66.3. The lowest BCUT2D eigenvalue weighted by atomic mass is 9.81. The van der Waals surface area contributed by atoms with Crippen LogP contribution in [0.15, 0.2) is 304 Å². The molecule has 20 nitrogen and oxygen atoms in total. The molecule has 642 valence electrons. The summed E-state index contributed by atoms with van der Waals surface area (Å²) in [6.07, 6.45) is 7.15. The molecule has 3 N–H and O–H groups in total. The smallest absolute Gasteiger partial charge is 0.505 e. The molecule has 0 aliphatic carbocycles. The van der Waals surface area contributed by atoms with Gasteiger partial charge in [-0.2, -0.15) is 34.8 Å². The SMILES string of the molecule is C.O=C1c2c(c(-c3cccnc3F)c3cccnc3c2O)CN1Cc1ccc(F)cc1.O=C1c2c(c(-c3cccnc3F)c3cccnc3c2OC(c2ccccc2)c2ccccc2)CN1Cc1ccc(F)cc1.O=C1c2c(c(OS(=O)(=O)C(F)(F)F)c3cccnc3c2OC(c2ccccc2)c2ccccc2)CN1Cc1ccc(F)cc1.OB(O)c1cccnc1F. The van der Waals surface area contributed by atoms with Gasteiger partial charge in [-0.1, -0.05) is 183 Å². The van der Waals surface area contributed by atoms with Crippen LogP contribution in [0.3, 0.4) is 0 Å². The topological polar surface area (TPSA) is 261 Å². The first-order valence-corrected chi connectivity index (χ1v) is 40.6. The Hall–Kier alpha value is -15.2. The van der Waals surface area contributed by atoms with Crippen molar-refractivity contribution in [2.24, 2.45) is 0 Å². The number of hydrogen-bond donors (Lipinski definition) is 3. The van der Waals surface area contributed by atoms with Crippen molar-refractivity contribution in [2.45, 2.75) is 64.4 Å². The Morgan fingerprint density at radius 3 is 1.06 bits per heavy atom. The normalized spacial score (nSPS) is 12.7. The fourth-order valence-corrected chi connectivity index (χ4v) is 15.9. The van der Waals surface area contributed by atoms with E-state index in [9.17, 15) is 63.0 Å². The predicted octanol–water partition coefficient (Wildman–Crippen LogP) is 18.8. The number of ether oxygens (including phenoxy) is 2. The molecule has 128 heavy (non-hydrogen) atoms. The van der Waals surface area contributed by atoms with Gasteiger partial charge in [-0.05, 0) is 141 Å². The number of nitrogens with zero attached hydrogens (tertiary/aromatic N) is 9. The molecule has 31 heteroatoms. The number of aromatic hydroxyl groups is 1. The Bertz CT molecular complexity index is 6860. The second kappa shape index (κ2) is 37.7. The molecule has 10 aromatic carbocycles. The minimum atomic E-state index is -6.12. The molecule has 9 heterocycles. The third-order valence-electron chi connectivity index (χ3n) is 21.2. The molecule has 3 amide bonds. The lowest BCUT2D eigenvalue weighted by Gasteiger charge is -2.23. The maximum atomic E-state index is 15.3. The highest BCUT2D eigenvalue weighted by atomic mass is 32.2. The summed E-state index contributed by atoms with van der Waals surface area (Å²) in [4.78, 5) is 70.0. The van der Waals surface area contributed by atoms with E-state index in [-0.39, 0.29) is 131 Å². The first-order chi connectivity index (χ1) is 61.4. The van der Waals surface area contributed by atoms with E-state index in [1.165, 1.54) is 114 Å². The van der Waals surface area contributed by atoms with E-state index < -0.39 is 70.3 Å². The maximum absolute atomic E-state index is 15.3. The van der Waals surface area contributed by atoms with E-state index in [1.54, 1.807) is 77.8 Å².